The molecule has 1 aromatic rings. The minimum absolute atomic E-state index is 0.0361. The van der Waals surface area contributed by atoms with Gasteiger partial charge in [-0.25, -0.2) is 0 Å². The maximum Gasteiger partial charge on any atom is 0.221 e. The molecule has 0 heterocycles. The second-order valence-electron chi connectivity index (χ2n) is 4.49. The van der Waals surface area contributed by atoms with Crippen molar-refractivity contribution in [3.8, 4) is 0 Å². The van der Waals surface area contributed by atoms with Crippen LogP contribution in [0.25, 0.3) is 0 Å². The zero-order valence-electron chi connectivity index (χ0n) is 10.4. The van der Waals surface area contributed by atoms with Gasteiger partial charge < -0.3 is 10.6 Å². The third-order valence-electron chi connectivity index (χ3n) is 2.25. The van der Waals surface area contributed by atoms with Crippen molar-refractivity contribution in [3.05, 3.63) is 23.8 Å². The first kappa shape index (κ1) is 12.6. The molecule has 1 rings (SSSR count). The highest BCUT2D eigenvalue weighted by Crippen LogP contribution is 2.19. The van der Waals surface area contributed by atoms with Crippen LogP contribution < -0.4 is 10.6 Å². The first-order chi connectivity index (χ1) is 7.49. The Kier molecular flexibility index (Phi) is 4.35. The summed E-state index contributed by atoms with van der Waals surface area (Å²) in [7, 11) is 0. The number of amides is 1. The smallest absolute Gasteiger partial charge is 0.221 e. The number of benzene rings is 1. The van der Waals surface area contributed by atoms with Gasteiger partial charge in [0.1, 0.15) is 0 Å². The molecule has 2 N–H and O–H groups in total. The van der Waals surface area contributed by atoms with Crippen molar-refractivity contribution in [2.75, 3.05) is 17.2 Å². The molecule has 0 unspecified atom stereocenters. The zero-order valence-corrected chi connectivity index (χ0v) is 10.4. The molecular weight excluding hydrogens is 200 g/mol. The van der Waals surface area contributed by atoms with Gasteiger partial charge in [0.2, 0.25) is 5.91 Å². The summed E-state index contributed by atoms with van der Waals surface area (Å²) in [4.78, 5) is 10.9. The summed E-state index contributed by atoms with van der Waals surface area (Å²) in [6.45, 7) is 8.81. The van der Waals surface area contributed by atoms with E-state index >= 15 is 0 Å². The van der Waals surface area contributed by atoms with E-state index < -0.39 is 0 Å². The summed E-state index contributed by atoms with van der Waals surface area (Å²) >= 11 is 0. The zero-order chi connectivity index (χ0) is 12.1. The van der Waals surface area contributed by atoms with Crippen molar-refractivity contribution in [1.29, 1.82) is 0 Å². The van der Waals surface area contributed by atoms with Gasteiger partial charge in [-0.15, -0.1) is 0 Å². The van der Waals surface area contributed by atoms with Crippen LogP contribution in [0.5, 0.6) is 0 Å². The molecular formula is C13H20N2O. The van der Waals surface area contributed by atoms with E-state index in [2.05, 4.69) is 24.5 Å². The minimum Gasteiger partial charge on any atom is -0.385 e. The quantitative estimate of drug-likeness (QED) is 0.819. The molecule has 3 heteroatoms. The van der Waals surface area contributed by atoms with Crippen LogP contribution >= 0.6 is 0 Å². The highest BCUT2D eigenvalue weighted by Gasteiger charge is 2.01. The Bertz CT molecular complexity index is 372. The number of aryl methyl sites for hydroxylation is 1. The molecule has 0 bridgehead atoms. The van der Waals surface area contributed by atoms with Crippen molar-refractivity contribution in [1.82, 2.24) is 0 Å². The predicted molar refractivity (Wildman–Crippen MR) is 68.8 cm³/mol. The number of hydrogen-bond acceptors (Lipinski definition) is 2. The Balaban J connectivity index is 2.70. The third kappa shape index (κ3) is 3.93. The highest BCUT2D eigenvalue weighted by molar-refractivity contribution is 5.89. The van der Waals surface area contributed by atoms with Crippen LogP contribution in [-0.2, 0) is 4.79 Å². The molecule has 16 heavy (non-hydrogen) atoms. The number of nitrogens with one attached hydrogen (secondary N) is 2. The second-order valence-corrected chi connectivity index (χ2v) is 4.49. The lowest BCUT2D eigenvalue weighted by Gasteiger charge is -2.12. The largest absolute Gasteiger partial charge is 0.385 e. The van der Waals surface area contributed by atoms with Gasteiger partial charge in [-0.2, -0.15) is 0 Å². The molecule has 0 aromatic heterocycles. The molecule has 0 spiro atoms. The van der Waals surface area contributed by atoms with Gasteiger partial charge in [0, 0.05) is 24.8 Å². The molecule has 0 aliphatic heterocycles. The van der Waals surface area contributed by atoms with Crippen molar-refractivity contribution >= 4 is 17.3 Å². The van der Waals surface area contributed by atoms with Crippen LogP contribution in [0.3, 0.4) is 0 Å². The molecule has 1 amide bonds. The van der Waals surface area contributed by atoms with Crippen molar-refractivity contribution in [3.63, 3.8) is 0 Å². The molecule has 0 fully saturated rings. The van der Waals surface area contributed by atoms with E-state index in [1.165, 1.54) is 6.92 Å². The van der Waals surface area contributed by atoms with E-state index in [9.17, 15) is 4.79 Å². The maximum atomic E-state index is 10.9. The molecule has 1 aromatic carbocycles. The topological polar surface area (TPSA) is 41.1 Å². The van der Waals surface area contributed by atoms with E-state index in [0.29, 0.717) is 5.92 Å². The van der Waals surface area contributed by atoms with E-state index in [0.717, 1.165) is 23.5 Å². The average Bonchev–Trinajstić information content (AvgIpc) is 2.18. The SMILES string of the molecule is CC(=O)Nc1ccc(NCC(C)C)cc1C. The molecule has 3 nitrogen and oxygen atoms in total. The van der Waals surface area contributed by atoms with Crippen molar-refractivity contribution in [2.45, 2.75) is 27.7 Å². The number of hydrogen-bond donors (Lipinski definition) is 2. The maximum absolute atomic E-state index is 10.9. The predicted octanol–water partition coefficient (Wildman–Crippen LogP) is 3.02. The number of carbonyl (C=O) groups is 1. The van der Waals surface area contributed by atoms with E-state index in [4.69, 9.17) is 0 Å². The lowest BCUT2D eigenvalue weighted by atomic mass is 10.1. The highest BCUT2D eigenvalue weighted by atomic mass is 16.1. The molecule has 0 saturated heterocycles. The van der Waals surface area contributed by atoms with Gasteiger partial charge in [-0.1, -0.05) is 13.8 Å². The summed E-state index contributed by atoms with van der Waals surface area (Å²) in [5.74, 6) is 0.585. The lowest BCUT2D eigenvalue weighted by molar-refractivity contribution is -0.114. The van der Waals surface area contributed by atoms with Crippen LogP contribution in [0.15, 0.2) is 18.2 Å². The number of carbonyl (C=O) groups excluding carboxylic acids is 1. The van der Waals surface area contributed by atoms with E-state index in [1.54, 1.807) is 0 Å². The Morgan fingerprint density at radius 1 is 1.38 bits per heavy atom. The van der Waals surface area contributed by atoms with Gasteiger partial charge in [-0.05, 0) is 36.6 Å². The Morgan fingerprint density at radius 2 is 2.06 bits per heavy atom. The molecule has 88 valence electrons. The minimum atomic E-state index is -0.0361. The summed E-state index contributed by atoms with van der Waals surface area (Å²) in [6, 6.07) is 5.97. The molecule has 0 saturated carbocycles. The molecule has 0 aliphatic rings. The van der Waals surface area contributed by atoms with Crippen LogP contribution in [0, 0.1) is 12.8 Å². The number of anilines is 2. The van der Waals surface area contributed by atoms with Gasteiger partial charge in [-0.3, -0.25) is 4.79 Å². The van der Waals surface area contributed by atoms with Crippen LogP contribution in [0.4, 0.5) is 11.4 Å². The summed E-state index contributed by atoms with van der Waals surface area (Å²) in [6.07, 6.45) is 0. The summed E-state index contributed by atoms with van der Waals surface area (Å²) in [5, 5.41) is 6.15. The Hall–Kier alpha value is -1.51. The monoisotopic (exact) mass is 220 g/mol. The van der Waals surface area contributed by atoms with Crippen molar-refractivity contribution < 1.29 is 4.79 Å². The van der Waals surface area contributed by atoms with Crippen LogP contribution in [0.1, 0.15) is 26.3 Å². The summed E-state index contributed by atoms with van der Waals surface area (Å²) in [5.41, 5.74) is 3.05. The van der Waals surface area contributed by atoms with Crippen LogP contribution in [-0.4, -0.2) is 12.5 Å². The molecule has 0 aliphatic carbocycles. The van der Waals surface area contributed by atoms with Gasteiger partial charge in [0.15, 0.2) is 0 Å². The Morgan fingerprint density at radius 3 is 2.56 bits per heavy atom. The fourth-order valence-electron chi connectivity index (χ4n) is 1.43. The van der Waals surface area contributed by atoms with Gasteiger partial charge >= 0.3 is 0 Å². The normalized spacial score (nSPS) is 10.3. The van der Waals surface area contributed by atoms with Gasteiger partial charge in [0.05, 0.1) is 0 Å². The first-order valence-electron chi connectivity index (χ1n) is 5.61. The standard InChI is InChI=1S/C13H20N2O/c1-9(2)8-14-12-5-6-13(10(3)7-12)15-11(4)16/h5-7,9,14H,8H2,1-4H3,(H,15,16). The molecule has 0 atom stereocenters. The average molecular weight is 220 g/mol. The fourth-order valence-corrected chi connectivity index (χ4v) is 1.43. The fraction of sp³-hybridized carbons (Fsp3) is 0.462. The number of rotatable bonds is 4. The van der Waals surface area contributed by atoms with Crippen molar-refractivity contribution in [2.24, 2.45) is 5.92 Å². The second kappa shape index (κ2) is 5.54. The molecule has 0 radical (unpaired) electrons. The first-order valence-corrected chi connectivity index (χ1v) is 5.61. The van der Waals surface area contributed by atoms with Crippen LogP contribution in [0.2, 0.25) is 0 Å². The van der Waals surface area contributed by atoms with E-state index in [-0.39, 0.29) is 5.91 Å². The lowest BCUT2D eigenvalue weighted by Crippen LogP contribution is -2.09. The third-order valence-corrected chi connectivity index (χ3v) is 2.25. The summed E-state index contributed by atoms with van der Waals surface area (Å²) < 4.78 is 0. The van der Waals surface area contributed by atoms with Gasteiger partial charge in [0.25, 0.3) is 0 Å². The Labute approximate surface area is 97.2 Å². The van der Waals surface area contributed by atoms with E-state index in [1.807, 2.05) is 25.1 Å².